The highest BCUT2D eigenvalue weighted by Gasteiger charge is 2.28. The summed E-state index contributed by atoms with van der Waals surface area (Å²) in [5.41, 5.74) is 1.95. The van der Waals surface area contributed by atoms with E-state index in [1.165, 1.54) is 37.7 Å². The van der Waals surface area contributed by atoms with Gasteiger partial charge in [0.25, 0.3) is 0 Å². The van der Waals surface area contributed by atoms with Crippen LogP contribution in [-0.4, -0.2) is 0 Å². The zero-order valence-corrected chi connectivity index (χ0v) is 11.2. The van der Waals surface area contributed by atoms with Crippen molar-refractivity contribution in [3.8, 4) is 0 Å². The van der Waals surface area contributed by atoms with Crippen LogP contribution in [0.3, 0.4) is 0 Å². The van der Waals surface area contributed by atoms with Crippen molar-refractivity contribution in [3.63, 3.8) is 0 Å². The molecule has 1 atom stereocenters. The zero-order valence-electron chi connectivity index (χ0n) is 11.2. The molecule has 0 fully saturated rings. The topological polar surface area (TPSA) is 0 Å². The number of aryl methyl sites for hydroxylation is 1. The molecule has 0 heteroatoms. The molecule has 1 aromatic carbocycles. The molecule has 0 amide bonds. The van der Waals surface area contributed by atoms with Crippen molar-refractivity contribution in [3.05, 3.63) is 48.0 Å². The van der Waals surface area contributed by atoms with Crippen LogP contribution in [0.15, 0.2) is 42.5 Å². The number of hydrogen-bond acceptors (Lipinski definition) is 0. The highest BCUT2D eigenvalue weighted by molar-refractivity contribution is 5.15. The second-order valence-electron chi connectivity index (χ2n) is 5.96. The van der Waals surface area contributed by atoms with Crippen molar-refractivity contribution in [2.45, 2.75) is 46.0 Å². The molecule has 2 rings (SSSR count). The third-order valence-electron chi connectivity index (χ3n) is 4.28. The fourth-order valence-corrected chi connectivity index (χ4v) is 2.82. The predicted octanol–water partition coefficient (Wildman–Crippen LogP) is 5.00. The summed E-state index contributed by atoms with van der Waals surface area (Å²) in [5, 5.41) is 0. The molecule has 1 aliphatic rings. The minimum atomic E-state index is 0.473. The number of allylic oxidation sites excluding steroid dienone is 2. The maximum atomic E-state index is 2.44. The van der Waals surface area contributed by atoms with E-state index in [9.17, 15) is 0 Å². The highest BCUT2D eigenvalue weighted by Crippen LogP contribution is 2.39. The van der Waals surface area contributed by atoms with Gasteiger partial charge in [-0.2, -0.15) is 0 Å². The highest BCUT2D eigenvalue weighted by atomic mass is 14.3. The van der Waals surface area contributed by atoms with Gasteiger partial charge in [-0.15, -0.1) is 0 Å². The monoisotopic (exact) mass is 228 g/mol. The predicted molar refractivity (Wildman–Crippen MR) is 75.0 cm³/mol. The molecule has 0 bridgehead atoms. The van der Waals surface area contributed by atoms with Gasteiger partial charge in [-0.25, -0.2) is 0 Å². The lowest BCUT2D eigenvalue weighted by Gasteiger charge is -2.35. The second kappa shape index (κ2) is 5.53. The molecule has 0 saturated carbocycles. The van der Waals surface area contributed by atoms with Gasteiger partial charge in [-0.05, 0) is 49.0 Å². The second-order valence-corrected chi connectivity index (χ2v) is 5.96. The van der Waals surface area contributed by atoms with E-state index in [0.29, 0.717) is 5.41 Å². The van der Waals surface area contributed by atoms with Gasteiger partial charge in [-0.1, -0.05) is 56.3 Å². The van der Waals surface area contributed by atoms with Crippen molar-refractivity contribution >= 4 is 0 Å². The van der Waals surface area contributed by atoms with E-state index in [4.69, 9.17) is 0 Å². The van der Waals surface area contributed by atoms with Gasteiger partial charge in [0.2, 0.25) is 0 Å². The van der Waals surface area contributed by atoms with Crippen molar-refractivity contribution < 1.29 is 0 Å². The van der Waals surface area contributed by atoms with Gasteiger partial charge in [0.15, 0.2) is 0 Å². The summed E-state index contributed by atoms with van der Waals surface area (Å²) in [6.07, 6.45) is 11.2. The Bertz CT molecular complexity index is 359. The number of benzene rings is 1. The van der Waals surface area contributed by atoms with E-state index in [2.05, 4.69) is 56.3 Å². The molecule has 0 N–H and O–H groups in total. The summed E-state index contributed by atoms with van der Waals surface area (Å²) in [4.78, 5) is 0. The molecule has 1 unspecified atom stereocenters. The molecule has 0 saturated heterocycles. The normalized spacial score (nSPS) is 20.5. The van der Waals surface area contributed by atoms with Gasteiger partial charge < -0.3 is 0 Å². The lowest BCUT2D eigenvalue weighted by atomic mass is 9.70. The maximum absolute atomic E-state index is 2.44. The Kier molecular flexibility index (Phi) is 4.04. The van der Waals surface area contributed by atoms with E-state index >= 15 is 0 Å². The minimum absolute atomic E-state index is 0.473. The first kappa shape index (κ1) is 12.4. The van der Waals surface area contributed by atoms with Crippen LogP contribution >= 0.6 is 0 Å². The van der Waals surface area contributed by atoms with Gasteiger partial charge in [0.1, 0.15) is 0 Å². The summed E-state index contributed by atoms with van der Waals surface area (Å²) < 4.78 is 0. The van der Waals surface area contributed by atoms with Crippen molar-refractivity contribution in [1.29, 1.82) is 0 Å². The molecule has 17 heavy (non-hydrogen) atoms. The maximum Gasteiger partial charge on any atom is -0.0274 e. The molecular weight excluding hydrogens is 204 g/mol. The molecule has 1 aromatic rings. The molecular formula is C17H24. The van der Waals surface area contributed by atoms with Crippen LogP contribution in [0.25, 0.3) is 0 Å². The van der Waals surface area contributed by atoms with Crippen LogP contribution < -0.4 is 0 Å². The first-order chi connectivity index (χ1) is 8.18. The van der Waals surface area contributed by atoms with Crippen LogP contribution in [0, 0.1) is 11.3 Å². The largest absolute Gasteiger partial charge is 0.0885 e. The fraction of sp³-hybridized carbons (Fsp3) is 0.529. The zero-order chi connectivity index (χ0) is 12.1. The number of rotatable bonds is 4. The first-order valence-corrected chi connectivity index (χ1v) is 6.87. The lowest BCUT2D eigenvalue weighted by molar-refractivity contribution is 0.181. The molecule has 0 aromatic heterocycles. The van der Waals surface area contributed by atoms with Crippen LogP contribution in [0.2, 0.25) is 0 Å². The fourth-order valence-electron chi connectivity index (χ4n) is 2.82. The Morgan fingerprint density at radius 3 is 2.53 bits per heavy atom. The summed E-state index contributed by atoms with van der Waals surface area (Å²) >= 11 is 0. The standard InChI is InChI=1S/C17H24/c1-17(2,16-11-7-4-8-12-16)14-13-15-9-5-3-6-10-15/h3-7,9-10,16H,8,11-14H2,1-2H3. The van der Waals surface area contributed by atoms with Crippen LogP contribution in [0.5, 0.6) is 0 Å². The Labute approximate surface area is 106 Å². The summed E-state index contributed by atoms with van der Waals surface area (Å²) in [6, 6.07) is 10.9. The molecule has 0 aliphatic heterocycles. The SMILES string of the molecule is CC(C)(CCc1ccccc1)C1CC=CCC1. The van der Waals surface area contributed by atoms with Crippen molar-refractivity contribution in [1.82, 2.24) is 0 Å². The molecule has 0 nitrogen and oxygen atoms in total. The van der Waals surface area contributed by atoms with E-state index in [1.54, 1.807) is 0 Å². The van der Waals surface area contributed by atoms with Crippen LogP contribution in [0.1, 0.15) is 45.1 Å². The van der Waals surface area contributed by atoms with Crippen molar-refractivity contribution in [2.24, 2.45) is 11.3 Å². The van der Waals surface area contributed by atoms with Gasteiger partial charge in [0, 0.05) is 0 Å². The Hall–Kier alpha value is -1.04. The Morgan fingerprint density at radius 2 is 1.88 bits per heavy atom. The molecule has 0 heterocycles. The third kappa shape index (κ3) is 3.46. The van der Waals surface area contributed by atoms with Gasteiger partial charge in [-0.3, -0.25) is 0 Å². The third-order valence-corrected chi connectivity index (χ3v) is 4.28. The van der Waals surface area contributed by atoms with Gasteiger partial charge >= 0.3 is 0 Å². The molecule has 0 spiro atoms. The van der Waals surface area contributed by atoms with E-state index < -0.39 is 0 Å². The first-order valence-electron chi connectivity index (χ1n) is 6.87. The molecule has 0 radical (unpaired) electrons. The quantitative estimate of drug-likeness (QED) is 0.636. The summed E-state index contributed by atoms with van der Waals surface area (Å²) in [5.74, 6) is 0.871. The van der Waals surface area contributed by atoms with Crippen LogP contribution in [0.4, 0.5) is 0 Å². The Morgan fingerprint density at radius 1 is 1.12 bits per heavy atom. The van der Waals surface area contributed by atoms with Crippen molar-refractivity contribution in [2.75, 3.05) is 0 Å². The minimum Gasteiger partial charge on any atom is -0.0885 e. The van der Waals surface area contributed by atoms with E-state index in [0.717, 1.165) is 5.92 Å². The number of hydrogen-bond donors (Lipinski definition) is 0. The van der Waals surface area contributed by atoms with E-state index in [1.807, 2.05) is 0 Å². The smallest absolute Gasteiger partial charge is 0.0274 e. The summed E-state index contributed by atoms with van der Waals surface area (Å²) in [6.45, 7) is 4.89. The average Bonchev–Trinajstić information content (AvgIpc) is 2.39. The molecule has 92 valence electrons. The van der Waals surface area contributed by atoms with E-state index in [-0.39, 0.29) is 0 Å². The molecule has 1 aliphatic carbocycles. The Balaban J connectivity index is 1.91. The lowest BCUT2D eigenvalue weighted by Crippen LogP contribution is -2.25. The average molecular weight is 228 g/mol. The summed E-state index contributed by atoms with van der Waals surface area (Å²) in [7, 11) is 0. The van der Waals surface area contributed by atoms with Gasteiger partial charge in [0.05, 0.1) is 0 Å². The van der Waals surface area contributed by atoms with Crippen LogP contribution in [-0.2, 0) is 6.42 Å².